The summed E-state index contributed by atoms with van der Waals surface area (Å²) in [5, 5.41) is 0. The molecule has 0 spiro atoms. The Morgan fingerprint density at radius 3 is 2.00 bits per heavy atom. The van der Waals surface area contributed by atoms with Crippen molar-refractivity contribution in [3.05, 3.63) is 113 Å². The zero-order valence-electron chi connectivity index (χ0n) is 17.3. The smallest absolute Gasteiger partial charge is 0.225 e. The number of pyridine rings is 1. The molecule has 31 heavy (non-hydrogen) atoms. The van der Waals surface area contributed by atoms with E-state index >= 15 is 0 Å². The van der Waals surface area contributed by atoms with E-state index in [1.54, 1.807) is 0 Å². The van der Waals surface area contributed by atoms with Crippen LogP contribution < -0.4 is 9.47 Å². The first-order valence-electron chi connectivity index (χ1n) is 10.1. The van der Waals surface area contributed by atoms with Gasteiger partial charge in [-0.2, -0.15) is 4.98 Å². The average molecular weight is 409 g/mol. The molecule has 0 saturated carbocycles. The lowest BCUT2D eigenvalue weighted by Gasteiger charge is -2.14. The number of hydrogen-bond acceptors (Lipinski definition) is 4. The molecule has 0 atom stereocenters. The second-order valence-corrected chi connectivity index (χ2v) is 7.26. The zero-order chi connectivity index (χ0) is 21.5. The summed E-state index contributed by atoms with van der Waals surface area (Å²) in [6.07, 6.45) is 0.864. The van der Waals surface area contributed by atoms with Crippen molar-refractivity contribution in [1.82, 2.24) is 4.98 Å². The Morgan fingerprint density at radius 1 is 0.742 bits per heavy atom. The molecule has 4 heteroatoms. The van der Waals surface area contributed by atoms with E-state index in [1.807, 2.05) is 97.9 Å². The molecule has 0 saturated heterocycles. The molecule has 4 rings (SSSR count). The third-order valence-corrected chi connectivity index (χ3v) is 4.91. The summed E-state index contributed by atoms with van der Waals surface area (Å²) in [5.74, 6) is 0.900. The topological polar surface area (TPSA) is 48.4 Å². The predicted molar refractivity (Wildman–Crippen MR) is 121 cm³/mol. The van der Waals surface area contributed by atoms with Gasteiger partial charge in [0.25, 0.3) is 0 Å². The number of rotatable bonds is 8. The van der Waals surface area contributed by atoms with Crippen molar-refractivity contribution in [2.24, 2.45) is 0 Å². The van der Waals surface area contributed by atoms with Gasteiger partial charge in [0, 0.05) is 17.2 Å². The quantitative estimate of drug-likeness (QED) is 0.334. The van der Waals surface area contributed by atoms with Gasteiger partial charge >= 0.3 is 0 Å². The highest BCUT2D eigenvalue weighted by atomic mass is 16.5. The number of carbonyl (C=O) groups excluding carboxylic acids is 1. The van der Waals surface area contributed by atoms with Crippen molar-refractivity contribution in [3.8, 4) is 22.9 Å². The highest BCUT2D eigenvalue weighted by Gasteiger charge is 2.14. The fourth-order valence-corrected chi connectivity index (χ4v) is 3.30. The van der Waals surface area contributed by atoms with Crippen LogP contribution in [0.5, 0.6) is 11.8 Å². The number of benzene rings is 3. The van der Waals surface area contributed by atoms with Gasteiger partial charge in [0.1, 0.15) is 13.2 Å². The van der Waals surface area contributed by atoms with Crippen LogP contribution in [0.15, 0.2) is 91.0 Å². The summed E-state index contributed by atoms with van der Waals surface area (Å²) in [4.78, 5) is 16.3. The molecule has 0 fully saturated rings. The summed E-state index contributed by atoms with van der Waals surface area (Å²) in [6, 6.07) is 29.3. The minimum absolute atomic E-state index is 0.366. The van der Waals surface area contributed by atoms with Crippen molar-refractivity contribution in [2.45, 2.75) is 20.1 Å². The van der Waals surface area contributed by atoms with Crippen LogP contribution in [-0.4, -0.2) is 11.3 Å². The monoisotopic (exact) mass is 409 g/mol. The first kappa shape index (κ1) is 20.4. The third-order valence-electron chi connectivity index (χ3n) is 4.91. The fraction of sp³-hybridized carbons (Fsp3) is 0.111. The van der Waals surface area contributed by atoms with E-state index in [-0.39, 0.29) is 0 Å². The Morgan fingerprint density at radius 2 is 1.35 bits per heavy atom. The molecule has 154 valence electrons. The van der Waals surface area contributed by atoms with Gasteiger partial charge < -0.3 is 9.47 Å². The van der Waals surface area contributed by atoms with Crippen LogP contribution in [0.4, 0.5) is 0 Å². The standard InChI is InChI=1S/C27H23NO3/c1-20-12-13-24(23(16-20)17-29)25-14-15-26(30-18-21-8-4-2-5-9-21)28-27(25)31-19-22-10-6-3-7-11-22/h2-17H,18-19H2,1H3. The molecular formula is C27H23NO3. The van der Waals surface area contributed by atoms with Crippen molar-refractivity contribution < 1.29 is 14.3 Å². The maximum absolute atomic E-state index is 11.7. The average Bonchev–Trinajstić information content (AvgIpc) is 2.83. The van der Waals surface area contributed by atoms with Gasteiger partial charge in [-0.1, -0.05) is 78.4 Å². The maximum Gasteiger partial charge on any atom is 0.225 e. The Balaban J connectivity index is 1.65. The van der Waals surface area contributed by atoms with E-state index in [0.29, 0.717) is 30.5 Å². The van der Waals surface area contributed by atoms with Crippen molar-refractivity contribution in [1.29, 1.82) is 0 Å². The van der Waals surface area contributed by atoms with Gasteiger partial charge in [-0.15, -0.1) is 0 Å². The molecule has 0 amide bonds. The van der Waals surface area contributed by atoms with Crippen LogP contribution >= 0.6 is 0 Å². The van der Waals surface area contributed by atoms with Crippen LogP contribution in [0.2, 0.25) is 0 Å². The summed E-state index contributed by atoms with van der Waals surface area (Å²) in [7, 11) is 0. The van der Waals surface area contributed by atoms with Gasteiger partial charge in [0.15, 0.2) is 6.29 Å². The normalized spacial score (nSPS) is 10.5. The van der Waals surface area contributed by atoms with Crippen LogP contribution in [-0.2, 0) is 13.2 Å². The molecule has 1 aromatic heterocycles. The summed E-state index contributed by atoms with van der Waals surface area (Å²) < 4.78 is 12.0. The molecule has 0 aliphatic heterocycles. The highest BCUT2D eigenvalue weighted by molar-refractivity contribution is 5.89. The Hall–Kier alpha value is -3.92. The van der Waals surface area contributed by atoms with E-state index in [2.05, 4.69) is 4.98 Å². The number of aldehydes is 1. The number of ether oxygens (including phenoxy) is 2. The first-order valence-corrected chi connectivity index (χ1v) is 10.1. The highest BCUT2D eigenvalue weighted by Crippen LogP contribution is 2.33. The van der Waals surface area contributed by atoms with Gasteiger partial charge in [-0.05, 0) is 35.7 Å². The molecule has 0 bridgehead atoms. The Kier molecular flexibility index (Phi) is 6.38. The first-order chi connectivity index (χ1) is 15.2. The van der Waals surface area contributed by atoms with E-state index in [0.717, 1.165) is 34.1 Å². The summed E-state index contributed by atoms with van der Waals surface area (Å²) in [6.45, 7) is 2.74. The minimum atomic E-state index is 0.366. The van der Waals surface area contributed by atoms with E-state index in [4.69, 9.17) is 9.47 Å². The second kappa shape index (κ2) is 9.72. The minimum Gasteiger partial charge on any atom is -0.473 e. The predicted octanol–water partition coefficient (Wildman–Crippen LogP) is 6.03. The zero-order valence-corrected chi connectivity index (χ0v) is 17.3. The Labute approximate surface area is 182 Å². The van der Waals surface area contributed by atoms with Crippen LogP contribution in [0, 0.1) is 6.92 Å². The largest absolute Gasteiger partial charge is 0.473 e. The van der Waals surface area contributed by atoms with Crippen molar-refractivity contribution in [2.75, 3.05) is 0 Å². The van der Waals surface area contributed by atoms with Gasteiger partial charge in [-0.3, -0.25) is 4.79 Å². The number of nitrogens with zero attached hydrogens (tertiary/aromatic N) is 1. The molecule has 0 radical (unpaired) electrons. The summed E-state index contributed by atoms with van der Waals surface area (Å²) in [5.41, 5.74) is 5.25. The van der Waals surface area contributed by atoms with Crippen LogP contribution in [0.1, 0.15) is 27.0 Å². The lowest BCUT2D eigenvalue weighted by Crippen LogP contribution is -2.03. The molecule has 0 unspecified atom stereocenters. The molecule has 0 aliphatic carbocycles. The third kappa shape index (κ3) is 5.17. The van der Waals surface area contributed by atoms with Crippen molar-refractivity contribution in [3.63, 3.8) is 0 Å². The molecule has 4 nitrogen and oxygen atoms in total. The lowest BCUT2D eigenvalue weighted by atomic mass is 9.99. The molecule has 4 aromatic rings. The van der Waals surface area contributed by atoms with Crippen LogP contribution in [0.3, 0.4) is 0 Å². The van der Waals surface area contributed by atoms with E-state index in [1.165, 1.54) is 0 Å². The van der Waals surface area contributed by atoms with Crippen molar-refractivity contribution >= 4 is 6.29 Å². The van der Waals surface area contributed by atoms with Crippen LogP contribution in [0.25, 0.3) is 11.1 Å². The maximum atomic E-state index is 11.7. The van der Waals surface area contributed by atoms with Gasteiger partial charge in [0.2, 0.25) is 11.8 Å². The van der Waals surface area contributed by atoms with Gasteiger partial charge in [-0.25, -0.2) is 0 Å². The lowest BCUT2D eigenvalue weighted by molar-refractivity contribution is 0.112. The molecule has 0 aliphatic rings. The molecule has 1 heterocycles. The SMILES string of the molecule is Cc1ccc(-c2ccc(OCc3ccccc3)nc2OCc2ccccc2)c(C=O)c1. The number of hydrogen-bond donors (Lipinski definition) is 0. The number of aromatic nitrogens is 1. The van der Waals surface area contributed by atoms with E-state index < -0.39 is 0 Å². The Bertz CT molecular complexity index is 1160. The molecular weight excluding hydrogens is 386 g/mol. The fourth-order valence-electron chi connectivity index (χ4n) is 3.30. The number of aryl methyl sites for hydroxylation is 1. The molecule has 0 N–H and O–H groups in total. The van der Waals surface area contributed by atoms with Gasteiger partial charge in [0.05, 0.1) is 0 Å². The number of carbonyl (C=O) groups is 1. The summed E-state index contributed by atoms with van der Waals surface area (Å²) >= 11 is 0. The molecule has 3 aromatic carbocycles. The van der Waals surface area contributed by atoms with E-state index in [9.17, 15) is 4.79 Å². The second-order valence-electron chi connectivity index (χ2n) is 7.26.